The molecule has 1 aromatic carbocycles. The molecule has 25 heavy (non-hydrogen) atoms. The minimum absolute atomic E-state index is 0.133. The van der Waals surface area contributed by atoms with Gasteiger partial charge in [0.2, 0.25) is 0 Å². The summed E-state index contributed by atoms with van der Waals surface area (Å²) in [5.41, 5.74) is 4.13. The monoisotopic (exact) mass is 345 g/mol. The van der Waals surface area contributed by atoms with Crippen LogP contribution in [0, 0.1) is 6.92 Å². The number of benzene rings is 1. The summed E-state index contributed by atoms with van der Waals surface area (Å²) in [7, 11) is 0. The van der Waals surface area contributed by atoms with E-state index in [1.54, 1.807) is 0 Å². The summed E-state index contributed by atoms with van der Waals surface area (Å²) in [5.74, 6) is 0. The number of anilines is 1. The minimum atomic E-state index is -0.133. The number of aliphatic hydroxyl groups excluding tert-OH is 1. The van der Waals surface area contributed by atoms with E-state index in [0.29, 0.717) is 12.1 Å². The Hall–Kier alpha value is -1.14. The van der Waals surface area contributed by atoms with E-state index in [-0.39, 0.29) is 6.10 Å². The van der Waals surface area contributed by atoms with Crippen molar-refractivity contribution >= 4 is 5.69 Å². The molecular formula is C20H31N3O2. The van der Waals surface area contributed by atoms with Crippen LogP contribution in [0.25, 0.3) is 0 Å². The molecule has 0 spiro atoms. The van der Waals surface area contributed by atoms with Crippen molar-refractivity contribution in [2.75, 3.05) is 50.8 Å². The van der Waals surface area contributed by atoms with Crippen LogP contribution in [0.2, 0.25) is 0 Å². The zero-order valence-corrected chi connectivity index (χ0v) is 15.5. The molecule has 3 aliphatic rings. The molecule has 0 bridgehead atoms. The molecule has 3 fully saturated rings. The molecule has 3 aliphatic heterocycles. The predicted octanol–water partition coefficient (Wildman–Crippen LogP) is 1.47. The van der Waals surface area contributed by atoms with Gasteiger partial charge in [-0.2, -0.15) is 0 Å². The Morgan fingerprint density at radius 2 is 1.96 bits per heavy atom. The van der Waals surface area contributed by atoms with Crippen molar-refractivity contribution in [2.45, 2.75) is 45.0 Å². The van der Waals surface area contributed by atoms with Gasteiger partial charge in [-0.1, -0.05) is 6.07 Å². The summed E-state index contributed by atoms with van der Waals surface area (Å²) in [5, 5.41) is 9.95. The van der Waals surface area contributed by atoms with Crippen molar-refractivity contribution in [1.82, 2.24) is 9.80 Å². The highest BCUT2D eigenvalue weighted by molar-refractivity contribution is 5.51. The van der Waals surface area contributed by atoms with Crippen LogP contribution >= 0.6 is 0 Å². The van der Waals surface area contributed by atoms with Crippen LogP contribution < -0.4 is 4.90 Å². The normalized spacial score (nSPS) is 31.3. The molecule has 0 radical (unpaired) electrons. The topological polar surface area (TPSA) is 39.2 Å². The fraction of sp³-hybridized carbons (Fsp3) is 0.700. The van der Waals surface area contributed by atoms with Gasteiger partial charge in [0.05, 0.1) is 19.3 Å². The summed E-state index contributed by atoms with van der Waals surface area (Å²) < 4.78 is 5.46. The molecule has 1 aromatic rings. The maximum Gasteiger partial charge on any atom is 0.0682 e. The van der Waals surface area contributed by atoms with E-state index in [9.17, 15) is 5.11 Å². The first kappa shape index (κ1) is 17.3. The molecule has 0 aliphatic carbocycles. The number of morpholine rings is 1. The standard InChI is InChI=1S/C20H31N3O2/c1-15-9-18(21-5-7-25-8-6-21)4-3-17(15)12-22-13-19-10-20(24)14-23(19)11-16(22)2/h3-4,9,16,19-20,24H,5-8,10-14H2,1-2H3/t16-,19-,20-/m1/s1. The van der Waals surface area contributed by atoms with Crippen LogP contribution in [0.1, 0.15) is 24.5 Å². The molecule has 5 nitrogen and oxygen atoms in total. The molecule has 0 saturated carbocycles. The van der Waals surface area contributed by atoms with E-state index < -0.39 is 0 Å². The lowest BCUT2D eigenvalue weighted by atomic mass is 10.0. The van der Waals surface area contributed by atoms with Gasteiger partial charge in [0, 0.05) is 57.0 Å². The average molecular weight is 345 g/mol. The van der Waals surface area contributed by atoms with Crippen LogP contribution in [0.4, 0.5) is 5.69 Å². The first-order valence-electron chi connectivity index (χ1n) is 9.68. The molecule has 0 aromatic heterocycles. The van der Waals surface area contributed by atoms with E-state index in [1.807, 2.05) is 0 Å². The molecule has 1 N–H and O–H groups in total. The average Bonchev–Trinajstić information content (AvgIpc) is 2.96. The number of hydrogen-bond acceptors (Lipinski definition) is 5. The van der Waals surface area contributed by atoms with Gasteiger partial charge in [-0.3, -0.25) is 9.80 Å². The van der Waals surface area contributed by atoms with E-state index in [4.69, 9.17) is 4.74 Å². The van der Waals surface area contributed by atoms with Crippen molar-refractivity contribution in [3.05, 3.63) is 29.3 Å². The Morgan fingerprint density at radius 3 is 2.72 bits per heavy atom. The van der Waals surface area contributed by atoms with Gasteiger partial charge in [-0.05, 0) is 43.5 Å². The van der Waals surface area contributed by atoms with Crippen molar-refractivity contribution in [3.8, 4) is 0 Å². The summed E-state index contributed by atoms with van der Waals surface area (Å²) in [6.07, 6.45) is 0.796. The number of aliphatic hydroxyl groups is 1. The van der Waals surface area contributed by atoms with Gasteiger partial charge < -0.3 is 14.7 Å². The third kappa shape index (κ3) is 3.70. The lowest BCUT2D eigenvalue weighted by Gasteiger charge is -2.42. The van der Waals surface area contributed by atoms with Crippen molar-refractivity contribution in [3.63, 3.8) is 0 Å². The number of fused-ring (bicyclic) bond motifs is 1. The lowest BCUT2D eigenvalue weighted by molar-refractivity contribution is 0.0527. The molecule has 0 unspecified atom stereocenters. The van der Waals surface area contributed by atoms with Crippen LogP contribution in [0.5, 0.6) is 0 Å². The van der Waals surface area contributed by atoms with Crippen LogP contribution in [0.15, 0.2) is 18.2 Å². The van der Waals surface area contributed by atoms with E-state index in [1.165, 1.54) is 16.8 Å². The van der Waals surface area contributed by atoms with Gasteiger partial charge >= 0.3 is 0 Å². The fourth-order valence-corrected chi connectivity index (χ4v) is 4.59. The number of aryl methyl sites for hydroxylation is 1. The maximum absolute atomic E-state index is 9.95. The Balaban J connectivity index is 1.43. The smallest absolute Gasteiger partial charge is 0.0682 e. The van der Waals surface area contributed by atoms with E-state index in [2.05, 4.69) is 46.7 Å². The number of nitrogens with zero attached hydrogens (tertiary/aromatic N) is 3. The van der Waals surface area contributed by atoms with Gasteiger partial charge in [0.25, 0.3) is 0 Å². The van der Waals surface area contributed by atoms with E-state index >= 15 is 0 Å². The van der Waals surface area contributed by atoms with Crippen LogP contribution in [0.3, 0.4) is 0 Å². The molecule has 5 heteroatoms. The maximum atomic E-state index is 9.95. The zero-order chi connectivity index (χ0) is 17.4. The molecule has 3 heterocycles. The Bertz CT molecular complexity index is 603. The molecule has 3 saturated heterocycles. The number of hydrogen-bond donors (Lipinski definition) is 1. The quantitative estimate of drug-likeness (QED) is 0.898. The van der Waals surface area contributed by atoms with Gasteiger partial charge in [0.1, 0.15) is 0 Å². The molecular weight excluding hydrogens is 314 g/mol. The summed E-state index contributed by atoms with van der Waals surface area (Å²) in [4.78, 5) is 7.48. The van der Waals surface area contributed by atoms with Gasteiger partial charge in [-0.15, -0.1) is 0 Å². The first-order chi connectivity index (χ1) is 12.1. The van der Waals surface area contributed by atoms with Crippen molar-refractivity contribution in [1.29, 1.82) is 0 Å². The predicted molar refractivity (Wildman–Crippen MR) is 100 cm³/mol. The third-order valence-electron chi connectivity index (χ3n) is 6.15. The Kier molecular flexibility index (Phi) is 5.00. The highest BCUT2D eigenvalue weighted by atomic mass is 16.5. The zero-order valence-electron chi connectivity index (χ0n) is 15.5. The summed E-state index contributed by atoms with van der Waals surface area (Å²) in [6.45, 7) is 12.2. The second kappa shape index (κ2) is 7.23. The van der Waals surface area contributed by atoms with Crippen LogP contribution in [-0.2, 0) is 11.3 Å². The van der Waals surface area contributed by atoms with Gasteiger partial charge in [0.15, 0.2) is 0 Å². The first-order valence-corrected chi connectivity index (χ1v) is 9.68. The number of ether oxygens (including phenoxy) is 1. The Morgan fingerprint density at radius 1 is 1.16 bits per heavy atom. The van der Waals surface area contributed by atoms with Crippen molar-refractivity contribution < 1.29 is 9.84 Å². The molecule has 4 rings (SSSR count). The number of piperazine rings is 1. The van der Waals surface area contributed by atoms with Crippen molar-refractivity contribution in [2.24, 2.45) is 0 Å². The highest BCUT2D eigenvalue weighted by Crippen LogP contribution is 2.27. The second-order valence-electron chi connectivity index (χ2n) is 7.99. The summed E-state index contributed by atoms with van der Waals surface area (Å²) >= 11 is 0. The minimum Gasteiger partial charge on any atom is -0.392 e. The fourth-order valence-electron chi connectivity index (χ4n) is 4.59. The number of rotatable bonds is 3. The second-order valence-corrected chi connectivity index (χ2v) is 7.99. The molecule has 138 valence electrons. The van der Waals surface area contributed by atoms with E-state index in [0.717, 1.165) is 58.9 Å². The largest absolute Gasteiger partial charge is 0.392 e. The lowest BCUT2D eigenvalue weighted by Crippen LogP contribution is -2.54. The van der Waals surface area contributed by atoms with Crippen LogP contribution in [-0.4, -0.2) is 79.0 Å². The van der Waals surface area contributed by atoms with Gasteiger partial charge in [-0.25, -0.2) is 0 Å². The molecule has 0 amide bonds. The Labute approximate surface area is 151 Å². The SMILES string of the molecule is Cc1cc(N2CCOCC2)ccc1CN1C[C@H]2C[C@@H](O)CN2C[C@H]1C. The third-order valence-corrected chi connectivity index (χ3v) is 6.15. The molecule has 3 atom stereocenters. The highest BCUT2D eigenvalue weighted by Gasteiger charge is 2.38. The summed E-state index contributed by atoms with van der Waals surface area (Å²) in [6, 6.07) is 7.98.